The summed E-state index contributed by atoms with van der Waals surface area (Å²) in [5.41, 5.74) is 5.43. The van der Waals surface area contributed by atoms with Gasteiger partial charge in [0.05, 0.1) is 5.75 Å². The number of hydrogen-bond donors (Lipinski definition) is 1. The van der Waals surface area contributed by atoms with Gasteiger partial charge in [-0.05, 0) is 0 Å². The number of anilines is 1. The average molecular weight is 189 g/mol. The van der Waals surface area contributed by atoms with Crippen molar-refractivity contribution in [2.75, 3.05) is 17.7 Å². The van der Waals surface area contributed by atoms with E-state index in [2.05, 4.69) is 4.98 Å². The zero-order valence-corrected chi connectivity index (χ0v) is 7.58. The SMILES string of the molecule is CS(=O)(=O)CCn1ccnc1N. The van der Waals surface area contributed by atoms with Gasteiger partial charge in [-0.1, -0.05) is 0 Å². The first kappa shape index (κ1) is 9.05. The lowest BCUT2D eigenvalue weighted by atomic mass is 10.7. The summed E-state index contributed by atoms with van der Waals surface area (Å²) in [6.45, 7) is 0.366. The molecular weight excluding hydrogens is 178 g/mol. The Labute approximate surface area is 71.1 Å². The molecule has 0 aliphatic rings. The van der Waals surface area contributed by atoms with E-state index >= 15 is 0 Å². The topological polar surface area (TPSA) is 78.0 Å². The first-order chi connectivity index (χ1) is 5.49. The number of imidazole rings is 1. The molecular formula is C6H11N3O2S. The Bertz CT molecular complexity index is 355. The predicted octanol–water partition coefficient (Wildman–Crippen LogP) is -0.490. The molecule has 0 bridgehead atoms. The second-order valence-electron chi connectivity index (χ2n) is 2.61. The lowest BCUT2D eigenvalue weighted by Gasteiger charge is -2.01. The van der Waals surface area contributed by atoms with Gasteiger partial charge in [0.15, 0.2) is 5.95 Å². The number of nitrogens with two attached hydrogens (primary N) is 1. The number of sulfone groups is 1. The Morgan fingerprint density at radius 3 is 2.75 bits per heavy atom. The maximum absolute atomic E-state index is 10.8. The predicted molar refractivity (Wildman–Crippen MR) is 46.4 cm³/mol. The maximum Gasteiger partial charge on any atom is 0.200 e. The van der Waals surface area contributed by atoms with Gasteiger partial charge >= 0.3 is 0 Å². The molecule has 0 amide bonds. The highest BCUT2D eigenvalue weighted by Gasteiger charge is 2.03. The molecule has 1 heterocycles. The largest absolute Gasteiger partial charge is 0.369 e. The van der Waals surface area contributed by atoms with Crippen molar-refractivity contribution in [3.8, 4) is 0 Å². The van der Waals surface area contributed by atoms with Gasteiger partial charge in [-0.3, -0.25) is 0 Å². The molecule has 0 atom stereocenters. The Kier molecular flexibility index (Phi) is 2.37. The molecule has 0 saturated carbocycles. The summed E-state index contributed by atoms with van der Waals surface area (Å²) in [6, 6.07) is 0. The van der Waals surface area contributed by atoms with Crippen LogP contribution in [-0.2, 0) is 16.4 Å². The fourth-order valence-electron chi connectivity index (χ4n) is 0.794. The summed E-state index contributed by atoms with van der Waals surface area (Å²) in [5.74, 6) is 0.437. The molecule has 0 unspecified atom stereocenters. The molecule has 1 rings (SSSR count). The van der Waals surface area contributed by atoms with Crippen molar-refractivity contribution in [2.24, 2.45) is 0 Å². The quantitative estimate of drug-likeness (QED) is 0.696. The van der Waals surface area contributed by atoms with Crippen LogP contribution in [0.25, 0.3) is 0 Å². The standard InChI is InChI=1S/C6H11N3O2S/c1-12(10,11)5-4-9-3-2-8-6(9)7/h2-3H,4-5H2,1H3,(H2,7,8). The molecule has 0 aliphatic heterocycles. The van der Waals surface area contributed by atoms with E-state index in [0.29, 0.717) is 12.5 Å². The normalized spacial score (nSPS) is 11.8. The fourth-order valence-corrected chi connectivity index (χ4v) is 1.32. The molecule has 0 saturated heterocycles. The monoisotopic (exact) mass is 189 g/mol. The molecule has 0 fully saturated rings. The third-order valence-electron chi connectivity index (χ3n) is 1.45. The van der Waals surface area contributed by atoms with Gasteiger partial charge < -0.3 is 10.3 Å². The Morgan fingerprint density at radius 2 is 2.33 bits per heavy atom. The summed E-state index contributed by atoms with van der Waals surface area (Å²) in [4.78, 5) is 3.76. The summed E-state index contributed by atoms with van der Waals surface area (Å²) >= 11 is 0. The van der Waals surface area contributed by atoms with Crippen LogP contribution in [0.15, 0.2) is 12.4 Å². The van der Waals surface area contributed by atoms with Crippen molar-refractivity contribution in [1.82, 2.24) is 9.55 Å². The van der Waals surface area contributed by atoms with Crippen LogP contribution in [0.4, 0.5) is 5.95 Å². The lowest BCUT2D eigenvalue weighted by Crippen LogP contribution is -2.12. The Morgan fingerprint density at radius 1 is 1.67 bits per heavy atom. The third kappa shape index (κ3) is 2.54. The van der Waals surface area contributed by atoms with E-state index in [1.54, 1.807) is 10.8 Å². The van der Waals surface area contributed by atoms with Gasteiger partial charge in [0.1, 0.15) is 9.84 Å². The zero-order chi connectivity index (χ0) is 9.19. The first-order valence-electron chi connectivity index (χ1n) is 3.43. The summed E-state index contributed by atoms with van der Waals surface area (Å²) < 4.78 is 23.1. The Hall–Kier alpha value is -1.04. The van der Waals surface area contributed by atoms with Crippen LogP contribution >= 0.6 is 0 Å². The van der Waals surface area contributed by atoms with Crippen LogP contribution in [0, 0.1) is 0 Å². The van der Waals surface area contributed by atoms with Crippen molar-refractivity contribution in [1.29, 1.82) is 0 Å². The highest BCUT2D eigenvalue weighted by molar-refractivity contribution is 7.90. The number of aromatic nitrogens is 2. The second kappa shape index (κ2) is 3.14. The highest BCUT2D eigenvalue weighted by atomic mass is 32.2. The number of nitrogen functional groups attached to an aromatic ring is 1. The van der Waals surface area contributed by atoms with E-state index in [4.69, 9.17) is 5.73 Å². The minimum absolute atomic E-state index is 0.0908. The summed E-state index contributed by atoms with van der Waals surface area (Å²) in [6.07, 6.45) is 4.39. The smallest absolute Gasteiger partial charge is 0.200 e. The van der Waals surface area contributed by atoms with E-state index in [9.17, 15) is 8.42 Å². The minimum atomic E-state index is -2.92. The van der Waals surface area contributed by atoms with Crippen LogP contribution in [0.5, 0.6) is 0 Å². The number of nitrogens with zero attached hydrogens (tertiary/aromatic N) is 2. The van der Waals surface area contributed by atoms with Gasteiger partial charge in [0.2, 0.25) is 0 Å². The van der Waals surface area contributed by atoms with Gasteiger partial charge in [-0.15, -0.1) is 0 Å². The van der Waals surface area contributed by atoms with Crippen molar-refractivity contribution < 1.29 is 8.42 Å². The molecule has 5 nitrogen and oxygen atoms in total. The molecule has 0 aromatic carbocycles. The van der Waals surface area contributed by atoms with Crippen LogP contribution in [-0.4, -0.2) is 30.0 Å². The number of hydrogen-bond acceptors (Lipinski definition) is 4. The van der Waals surface area contributed by atoms with Crippen molar-refractivity contribution >= 4 is 15.8 Å². The van der Waals surface area contributed by atoms with Gasteiger partial charge in [-0.2, -0.15) is 0 Å². The van der Waals surface area contributed by atoms with Crippen LogP contribution < -0.4 is 5.73 Å². The zero-order valence-electron chi connectivity index (χ0n) is 6.77. The molecule has 1 aromatic heterocycles. The van der Waals surface area contributed by atoms with E-state index < -0.39 is 9.84 Å². The highest BCUT2D eigenvalue weighted by Crippen LogP contribution is 1.98. The molecule has 68 valence electrons. The van der Waals surface area contributed by atoms with E-state index in [1.165, 1.54) is 12.5 Å². The minimum Gasteiger partial charge on any atom is -0.369 e. The molecule has 6 heteroatoms. The van der Waals surface area contributed by atoms with E-state index in [0.717, 1.165) is 0 Å². The molecule has 12 heavy (non-hydrogen) atoms. The van der Waals surface area contributed by atoms with Gasteiger partial charge in [0.25, 0.3) is 0 Å². The van der Waals surface area contributed by atoms with Crippen molar-refractivity contribution in [3.63, 3.8) is 0 Å². The molecule has 1 aromatic rings. The van der Waals surface area contributed by atoms with Crippen LogP contribution in [0.1, 0.15) is 0 Å². The van der Waals surface area contributed by atoms with E-state index in [-0.39, 0.29) is 5.75 Å². The molecule has 0 radical (unpaired) electrons. The molecule has 0 spiro atoms. The first-order valence-corrected chi connectivity index (χ1v) is 5.49. The summed E-state index contributed by atoms with van der Waals surface area (Å²) in [7, 11) is -2.92. The molecule has 0 aliphatic carbocycles. The average Bonchev–Trinajstić information content (AvgIpc) is 2.29. The van der Waals surface area contributed by atoms with Gasteiger partial charge in [-0.25, -0.2) is 13.4 Å². The lowest BCUT2D eigenvalue weighted by molar-refractivity contribution is 0.595. The summed E-state index contributed by atoms with van der Waals surface area (Å²) in [5, 5.41) is 0. The number of rotatable bonds is 3. The second-order valence-corrected chi connectivity index (χ2v) is 4.87. The number of aryl methyl sites for hydroxylation is 1. The Balaban J connectivity index is 2.61. The van der Waals surface area contributed by atoms with Crippen molar-refractivity contribution in [3.05, 3.63) is 12.4 Å². The molecule has 2 N–H and O–H groups in total. The fraction of sp³-hybridized carbons (Fsp3) is 0.500. The van der Waals surface area contributed by atoms with Crippen LogP contribution in [0.2, 0.25) is 0 Å². The maximum atomic E-state index is 10.8. The third-order valence-corrected chi connectivity index (χ3v) is 2.37. The van der Waals surface area contributed by atoms with Crippen LogP contribution in [0.3, 0.4) is 0 Å². The van der Waals surface area contributed by atoms with Gasteiger partial charge in [0, 0.05) is 25.2 Å². The van der Waals surface area contributed by atoms with Crippen molar-refractivity contribution in [2.45, 2.75) is 6.54 Å². The van der Waals surface area contributed by atoms with E-state index in [1.807, 2.05) is 0 Å².